The molecule has 168 valence electrons. The lowest BCUT2D eigenvalue weighted by Crippen LogP contribution is -2.39. The van der Waals surface area contributed by atoms with Crippen LogP contribution in [0, 0.1) is 29.9 Å². The first-order chi connectivity index (χ1) is 15.9. The minimum Gasteiger partial charge on any atom is -0.362 e. The molecular formula is C24H20ClF2N5O. The fourth-order valence-corrected chi connectivity index (χ4v) is 4.12. The van der Waals surface area contributed by atoms with Crippen LogP contribution in [0.15, 0.2) is 48.8 Å². The number of anilines is 1. The monoisotopic (exact) mass is 467 g/mol. The van der Waals surface area contributed by atoms with Gasteiger partial charge >= 0.3 is 0 Å². The van der Waals surface area contributed by atoms with Gasteiger partial charge in [0.25, 0.3) is 5.91 Å². The van der Waals surface area contributed by atoms with Gasteiger partial charge in [-0.15, -0.1) is 0 Å². The van der Waals surface area contributed by atoms with Crippen LogP contribution >= 0.6 is 11.6 Å². The number of hydrogen-bond acceptors (Lipinski definition) is 5. The van der Waals surface area contributed by atoms with Gasteiger partial charge in [0.2, 0.25) is 0 Å². The van der Waals surface area contributed by atoms with Crippen molar-refractivity contribution >= 4 is 23.2 Å². The van der Waals surface area contributed by atoms with Crippen LogP contribution in [-0.4, -0.2) is 39.9 Å². The van der Waals surface area contributed by atoms with Crippen molar-refractivity contribution in [3.8, 4) is 6.07 Å². The summed E-state index contributed by atoms with van der Waals surface area (Å²) in [5.41, 5.74) is 2.12. The summed E-state index contributed by atoms with van der Waals surface area (Å²) in [6.45, 7) is 2.70. The highest BCUT2D eigenvalue weighted by Crippen LogP contribution is 2.30. The topological polar surface area (TPSA) is 73.1 Å². The first kappa shape index (κ1) is 22.6. The first-order valence-electron chi connectivity index (χ1n) is 10.3. The number of carbonyl (C=O) groups is 1. The summed E-state index contributed by atoms with van der Waals surface area (Å²) < 4.78 is 28.3. The van der Waals surface area contributed by atoms with Crippen molar-refractivity contribution in [1.29, 1.82) is 5.26 Å². The highest BCUT2D eigenvalue weighted by molar-refractivity contribution is 6.32. The van der Waals surface area contributed by atoms with Crippen LogP contribution in [0.25, 0.3) is 0 Å². The molecule has 1 fully saturated rings. The zero-order valence-electron chi connectivity index (χ0n) is 17.8. The van der Waals surface area contributed by atoms with Gasteiger partial charge in [0.05, 0.1) is 22.5 Å². The Kier molecular flexibility index (Phi) is 6.52. The molecule has 1 aromatic heterocycles. The lowest BCUT2D eigenvalue weighted by atomic mass is 10.1. The molecule has 0 N–H and O–H groups in total. The van der Waals surface area contributed by atoms with E-state index in [1.54, 1.807) is 36.2 Å². The zero-order chi connectivity index (χ0) is 23.5. The Labute approximate surface area is 195 Å². The van der Waals surface area contributed by atoms with Crippen molar-refractivity contribution < 1.29 is 13.6 Å². The number of aromatic nitrogens is 2. The van der Waals surface area contributed by atoms with Gasteiger partial charge in [-0.05, 0) is 49.7 Å². The third-order valence-corrected chi connectivity index (χ3v) is 5.96. The van der Waals surface area contributed by atoms with Crippen LogP contribution in [0.4, 0.5) is 14.5 Å². The van der Waals surface area contributed by atoms with Crippen molar-refractivity contribution in [3.63, 3.8) is 0 Å². The molecule has 1 saturated heterocycles. The molecule has 1 aliphatic heterocycles. The number of hydrogen-bond donors (Lipinski definition) is 0. The molecule has 4 rings (SSSR count). The number of carbonyl (C=O) groups excluding carboxylic acids is 1. The Balaban J connectivity index is 1.62. The van der Waals surface area contributed by atoms with Crippen molar-refractivity contribution in [2.45, 2.75) is 25.9 Å². The number of benzene rings is 2. The molecule has 9 heteroatoms. The van der Waals surface area contributed by atoms with E-state index in [1.165, 1.54) is 6.20 Å². The van der Waals surface area contributed by atoms with Gasteiger partial charge in [-0.25, -0.2) is 13.8 Å². The summed E-state index contributed by atoms with van der Waals surface area (Å²) in [6.07, 6.45) is 3.60. The van der Waals surface area contributed by atoms with Gasteiger partial charge in [0.1, 0.15) is 23.4 Å². The summed E-state index contributed by atoms with van der Waals surface area (Å²) >= 11 is 6.25. The van der Waals surface area contributed by atoms with E-state index in [0.29, 0.717) is 36.5 Å². The van der Waals surface area contributed by atoms with Gasteiger partial charge < -0.3 is 9.80 Å². The number of halogens is 3. The van der Waals surface area contributed by atoms with Crippen molar-refractivity contribution in [2.24, 2.45) is 0 Å². The van der Waals surface area contributed by atoms with Gasteiger partial charge in [-0.1, -0.05) is 11.6 Å². The average Bonchev–Trinajstić information content (AvgIpc) is 3.29. The van der Waals surface area contributed by atoms with E-state index in [2.05, 4.69) is 9.97 Å². The minimum atomic E-state index is -0.537. The molecule has 1 aliphatic rings. The van der Waals surface area contributed by atoms with Crippen molar-refractivity contribution in [3.05, 3.63) is 88.0 Å². The van der Waals surface area contributed by atoms with Crippen LogP contribution in [0.5, 0.6) is 0 Å². The van der Waals surface area contributed by atoms with E-state index < -0.39 is 11.6 Å². The maximum absolute atomic E-state index is 14.4. The fraction of sp³-hybridized carbons (Fsp3) is 0.250. The van der Waals surface area contributed by atoms with Gasteiger partial charge in [-0.2, -0.15) is 5.26 Å². The zero-order valence-corrected chi connectivity index (χ0v) is 18.6. The Bertz CT molecular complexity index is 1230. The van der Waals surface area contributed by atoms with E-state index in [9.17, 15) is 18.8 Å². The predicted molar refractivity (Wildman–Crippen MR) is 120 cm³/mol. The normalized spacial score (nSPS) is 15.4. The highest BCUT2D eigenvalue weighted by atomic mass is 35.5. The predicted octanol–water partition coefficient (Wildman–Crippen LogP) is 4.51. The molecule has 1 atom stereocenters. The van der Waals surface area contributed by atoms with E-state index >= 15 is 0 Å². The second-order valence-corrected chi connectivity index (χ2v) is 8.28. The molecule has 3 aromatic rings. The Morgan fingerprint density at radius 1 is 1.24 bits per heavy atom. The molecule has 0 radical (unpaired) electrons. The highest BCUT2D eigenvalue weighted by Gasteiger charge is 2.32. The maximum atomic E-state index is 14.4. The van der Waals surface area contributed by atoms with Gasteiger partial charge in [-0.3, -0.25) is 9.78 Å². The Morgan fingerprint density at radius 3 is 2.76 bits per heavy atom. The molecule has 0 aliphatic carbocycles. The molecule has 1 unspecified atom stereocenters. The van der Waals surface area contributed by atoms with Crippen LogP contribution < -0.4 is 4.90 Å². The molecule has 0 saturated carbocycles. The molecule has 0 spiro atoms. The summed E-state index contributed by atoms with van der Waals surface area (Å²) in [6, 6.07) is 10.1. The van der Waals surface area contributed by atoms with Crippen LogP contribution in [0.1, 0.15) is 33.7 Å². The number of amides is 1. The molecule has 33 heavy (non-hydrogen) atoms. The molecule has 2 heterocycles. The van der Waals surface area contributed by atoms with E-state index in [1.807, 2.05) is 11.0 Å². The second-order valence-electron chi connectivity index (χ2n) is 7.88. The molecule has 2 aromatic carbocycles. The van der Waals surface area contributed by atoms with Crippen LogP contribution in [0.2, 0.25) is 5.02 Å². The molecule has 6 nitrogen and oxygen atoms in total. The number of nitriles is 1. The Morgan fingerprint density at radius 2 is 2.06 bits per heavy atom. The van der Waals surface area contributed by atoms with Crippen molar-refractivity contribution in [2.75, 3.05) is 18.0 Å². The third kappa shape index (κ3) is 4.94. The summed E-state index contributed by atoms with van der Waals surface area (Å²) in [7, 11) is 0. The quantitative estimate of drug-likeness (QED) is 0.552. The number of aryl methyl sites for hydroxylation is 1. The second kappa shape index (κ2) is 9.51. The fourth-order valence-electron chi connectivity index (χ4n) is 3.90. The maximum Gasteiger partial charge on any atom is 0.274 e. The van der Waals surface area contributed by atoms with Crippen LogP contribution in [-0.2, 0) is 6.54 Å². The number of rotatable bonds is 5. The lowest BCUT2D eigenvalue weighted by molar-refractivity contribution is 0.0784. The Hall–Kier alpha value is -3.57. The van der Waals surface area contributed by atoms with Crippen LogP contribution in [0.3, 0.4) is 0 Å². The van der Waals surface area contributed by atoms with Gasteiger partial charge in [0.15, 0.2) is 0 Å². The summed E-state index contributed by atoms with van der Waals surface area (Å²) in [5, 5.41) is 9.45. The number of likely N-dealkylation sites (tertiary alicyclic amines) is 1. The average molecular weight is 468 g/mol. The summed E-state index contributed by atoms with van der Waals surface area (Å²) in [4.78, 5) is 24.8. The standard InChI is InChI=1S/C24H20ClF2N5O/c1-15-11-30-23(12-29-15)24(33)31-7-6-20(14-31)32(13-17-8-18(26)3-5-22(17)27)19-4-2-16(10-28)21(25)9-19/h2-5,8-9,11-12,20H,6-7,13-14H2,1H3. The minimum absolute atomic E-state index is 0.0723. The lowest BCUT2D eigenvalue weighted by Gasteiger charge is -2.32. The smallest absolute Gasteiger partial charge is 0.274 e. The first-order valence-corrected chi connectivity index (χ1v) is 10.7. The molecule has 1 amide bonds. The summed E-state index contributed by atoms with van der Waals surface area (Å²) in [5.74, 6) is -1.30. The largest absolute Gasteiger partial charge is 0.362 e. The van der Waals surface area contributed by atoms with E-state index in [-0.39, 0.29) is 34.8 Å². The van der Waals surface area contributed by atoms with Gasteiger partial charge in [0, 0.05) is 43.1 Å². The van der Waals surface area contributed by atoms with Crippen molar-refractivity contribution in [1.82, 2.24) is 14.9 Å². The van der Waals surface area contributed by atoms with E-state index in [0.717, 1.165) is 18.2 Å². The SMILES string of the molecule is Cc1cnc(C(=O)N2CCC(N(Cc3cc(F)ccc3F)c3ccc(C#N)c(Cl)c3)C2)cn1. The third-order valence-electron chi connectivity index (χ3n) is 5.64. The number of nitrogens with zero attached hydrogens (tertiary/aromatic N) is 5. The van der Waals surface area contributed by atoms with E-state index in [4.69, 9.17) is 11.6 Å². The molecular weight excluding hydrogens is 448 g/mol. The molecule has 0 bridgehead atoms.